The van der Waals surface area contributed by atoms with Crippen LogP contribution in [-0.4, -0.2) is 11.8 Å². The Morgan fingerprint density at radius 2 is 2.22 bits per heavy atom. The molecule has 18 heavy (non-hydrogen) atoms. The van der Waals surface area contributed by atoms with Gasteiger partial charge in [0.15, 0.2) is 17.9 Å². The quantitative estimate of drug-likeness (QED) is 0.886. The molecule has 1 aromatic carbocycles. The van der Waals surface area contributed by atoms with E-state index in [1.165, 1.54) is 6.39 Å². The van der Waals surface area contributed by atoms with Gasteiger partial charge in [-0.05, 0) is 17.7 Å². The highest BCUT2D eigenvalue weighted by Gasteiger charge is 2.13. The number of nitrogens with one attached hydrogen (secondary N) is 1. The van der Waals surface area contributed by atoms with Crippen molar-refractivity contribution < 1.29 is 13.9 Å². The Hall–Kier alpha value is -2.68. The molecule has 0 unspecified atom stereocenters. The molecule has 1 N–H and O–H groups in total. The molecule has 90 valence electrons. The van der Waals surface area contributed by atoms with Gasteiger partial charge in [0.1, 0.15) is 6.07 Å². The Balaban J connectivity index is 1.72. The van der Waals surface area contributed by atoms with E-state index < -0.39 is 0 Å². The summed E-state index contributed by atoms with van der Waals surface area (Å²) >= 11 is 0. The number of hydrogen-bond donors (Lipinski definition) is 1. The molecule has 0 saturated carbocycles. The average molecular weight is 243 g/mol. The van der Waals surface area contributed by atoms with Crippen molar-refractivity contribution in [2.45, 2.75) is 6.54 Å². The average Bonchev–Trinajstić information content (AvgIpc) is 3.04. The number of fused-ring (bicyclic) bond motifs is 1. The lowest BCUT2D eigenvalue weighted by molar-refractivity contribution is 0.174. The molecule has 0 fully saturated rings. The maximum Gasteiger partial charge on any atom is 0.232 e. The summed E-state index contributed by atoms with van der Waals surface area (Å²) in [5.74, 6) is 1.85. The van der Waals surface area contributed by atoms with Crippen molar-refractivity contribution in [3.05, 3.63) is 35.9 Å². The molecule has 1 aliphatic heterocycles. The third-order valence-corrected chi connectivity index (χ3v) is 2.56. The Kier molecular flexibility index (Phi) is 2.50. The normalized spacial score (nSPS) is 12.2. The molecule has 2 aromatic rings. The molecule has 0 saturated heterocycles. The number of ether oxygens (including phenoxy) is 2. The highest BCUT2D eigenvalue weighted by molar-refractivity contribution is 5.47. The van der Waals surface area contributed by atoms with Crippen molar-refractivity contribution in [2.24, 2.45) is 0 Å². The third-order valence-electron chi connectivity index (χ3n) is 2.56. The van der Waals surface area contributed by atoms with Crippen LogP contribution in [0.5, 0.6) is 11.5 Å². The highest BCUT2D eigenvalue weighted by atomic mass is 16.7. The van der Waals surface area contributed by atoms with Crippen LogP contribution in [0.15, 0.2) is 29.0 Å². The summed E-state index contributed by atoms with van der Waals surface area (Å²) in [6, 6.07) is 7.60. The van der Waals surface area contributed by atoms with Crippen LogP contribution >= 0.6 is 0 Å². The largest absolute Gasteiger partial charge is 0.454 e. The molecular weight excluding hydrogens is 234 g/mol. The summed E-state index contributed by atoms with van der Waals surface area (Å²) in [6.07, 6.45) is 1.24. The summed E-state index contributed by atoms with van der Waals surface area (Å²) in [5.41, 5.74) is 1.25. The van der Waals surface area contributed by atoms with Crippen LogP contribution < -0.4 is 14.8 Å². The van der Waals surface area contributed by atoms with E-state index in [0.29, 0.717) is 12.4 Å². The number of oxazole rings is 1. The fourth-order valence-corrected chi connectivity index (χ4v) is 1.68. The van der Waals surface area contributed by atoms with Gasteiger partial charge in [-0.15, -0.1) is 0 Å². The maximum atomic E-state index is 8.78. The molecule has 2 heterocycles. The van der Waals surface area contributed by atoms with Crippen LogP contribution in [0.3, 0.4) is 0 Å². The standard InChI is InChI=1S/C12H9N3O3/c13-4-9-12(16-6-15-9)14-5-8-1-2-10-11(3-8)18-7-17-10/h1-3,6,14H,5,7H2. The van der Waals surface area contributed by atoms with Crippen molar-refractivity contribution >= 4 is 5.88 Å². The van der Waals surface area contributed by atoms with Crippen LogP contribution in [0.1, 0.15) is 11.3 Å². The number of benzene rings is 1. The van der Waals surface area contributed by atoms with Gasteiger partial charge >= 0.3 is 0 Å². The van der Waals surface area contributed by atoms with Crippen molar-refractivity contribution in [1.29, 1.82) is 5.26 Å². The van der Waals surface area contributed by atoms with Crippen LogP contribution in [0.2, 0.25) is 0 Å². The summed E-state index contributed by atoms with van der Waals surface area (Å²) in [7, 11) is 0. The third kappa shape index (κ3) is 1.82. The molecule has 1 aromatic heterocycles. The van der Waals surface area contributed by atoms with Crippen molar-refractivity contribution in [1.82, 2.24) is 4.98 Å². The van der Waals surface area contributed by atoms with Gasteiger partial charge in [0, 0.05) is 6.54 Å². The Morgan fingerprint density at radius 3 is 3.11 bits per heavy atom. The molecule has 0 atom stereocenters. The van der Waals surface area contributed by atoms with E-state index in [1.54, 1.807) is 0 Å². The summed E-state index contributed by atoms with van der Waals surface area (Å²) in [4.78, 5) is 3.77. The molecule has 0 bridgehead atoms. The van der Waals surface area contributed by atoms with Crippen molar-refractivity contribution in [2.75, 3.05) is 12.1 Å². The Bertz CT molecular complexity index is 615. The zero-order valence-electron chi connectivity index (χ0n) is 9.34. The van der Waals surface area contributed by atoms with E-state index in [-0.39, 0.29) is 12.5 Å². The van der Waals surface area contributed by atoms with E-state index in [1.807, 2.05) is 24.3 Å². The van der Waals surface area contributed by atoms with Crippen LogP contribution in [0.4, 0.5) is 5.88 Å². The van der Waals surface area contributed by atoms with Gasteiger partial charge in [-0.25, -0.2) is 4.98 Å². The second kappa shape index (κ2) is 4.30. The lowest BCUT2D eigenvalue weighted by atomic mass is 10.2. The minimum absolute atomic E-state index is 0.246. The zero-order chi connectivity index (χ0) is 12.4. The van der Waals surface area contributed by atoms with Crippen LogP contribution in [0.25, 0.3) is 0 Å². The molecule has 6 nitrogen and oxygen atoms in total. The smallest absolute Gasteiger partial charge is 0.232 e. The van der Waals surface area contributed by atoms with E-state index >= 15 is 0 Å². The predicted molar refractivity (Wildman–Crippen MR) is 61.1 cm³/mol. The summed E-state index contributed by atoms with van der Waals surface area (Å²) < 4.78 is 15.6. The van der Waals surface area contributed by atoms with Crippen molar-refractivity contribution in [3.8, 4) is 17.6 Å². The number of rotatable bonds is 3. The van der Waals surface area contributed by atoms with E-state index in [0.717, 1.165) is 17.1 Å². The first-order valence-electron chi connectivity index (χ1n) is 5.33. The van der Waals surface area contributed by atoms with E-state index in [9.17, 15) is 0 Å². The minimum atomic E-state index is 0.246. The molecule has 3 rings (SSSR count). The summed E-state index contributed by atoms with van der Waals surface area (Å²) in [5, 5.41) is 11.8. The first kappa shape index (κ1) is 10.5. The number of nitriles is 1. The minimum Gasteiger partial charge on any atom is -0.454 e. The highest BCUT2D eigenvalue weighted by Crippen LogP contribution is 2.32. The van der Waals surface area contributed by atoms with Crippen LogP contribution in [-0.2, 0) is 6.54 Å². The van der Waals surface area contributed by atoms with Gasteiger partial charge in [-0.2, -0.15) is 5.26 Å². The fourth-order valence-electron chi connectivity index (χ4n) is 1.68. The molecule has 0 radical (unpaired) electrons. The second-order valence-corrected chi connectivity index (χ2v) is 3.68. The number of anilines is 1. The van der Waals surface area contributed by atoms with Crippen molar-refractivity contribution in [3.63, 3.8) is 0 Å². The lowest BCUT2D eigenvalue weighted by Gasteiger charge is -2.04. The Labute approximate surface area is 103 Å². The zero-order valence-corrected chi connectivity index (χ0v) is 9.34. The second-order valence-electron chi connectivity index (χ2n) is 3.68. The fraction of sp³-hybridized carbons (Fsp3) is 0.167. The van der Waals surface area contributed by atoms with Gasteiger partial charge in [-0.1, -0.05) is 6.07 Å². The molecular formula is C12H9N3O3. The first-order chi connectivity index (χ1) is 8.86. The number of hydrogen-bond acceptors (Lipinski definition) is 6. The molecule has 0 aliphatic carbocycles. The molecule has 1 aliphatic rings. The van der Waals surface area contributed by atoms with Gasteiger partial charge < -0.3 is 19.2 Å². The lowest BCUT2D eigenvalue weighted by Crippen LogP contribution is -1.99. The van der Waals surface area contributed by atoms with Gasteiger partial charge in [0.2, 0.25) is 18.4 Å². The molecule has 6 heteroatoms. The molecule has 0 amide bonds. The SMILES string of the molecule is N#Cc1ncoc1NCc1ccc2c(c1)OCO2. The van der Waals surface area contributed by atoms with Gasteiger partial charge in [-0.3, -0.25) is 0 Å². The first-order valence-corrected chi connectivity index (χ1v) is 5.33. The topological polar surface area (TPSA) is 80.3 Å². The monoisotopic (exact) mass is 243 g/mol. The number of nitrogens with zero attached hydrogens (tertiary/aromatic N) is 2. The van der Waals surface area contributed by atoms with Crippen LogP contribution in [0, 0.1) is 11.3 Å². The van der Waals surface area contributed by atoms with E-state index in [2.05, 4.69) is 10.3 Å². The maximum absolute atomic E-state index is 8.78. The Morgan fingerprint density at radius 1 is 1.33 bits per heavy atom. The number of aromatic nitrogens is 1. The molecule has 0 spiro atoms. The van der Waals surface area contributed by atoms with E-state index in [4.69, 9.17) is 19.2 Å². The van der Waals surface area contributed by atoms with Gasteiger partial charge in [0.25, 0.3) is 0 Å². The summed E-state index contributed by atoms with van der Waals surface area (Å²) in [6.45, 7) is 0.771. The predicted octanol–water partition coefficient (Wildman–Crippen LogP) is 1.89. The van der Waals surface area contributed by atoms with Gasteiger partial charge in [0.05, 0.1) is 0 Å².